The maximum Gasteiger partial charge on any atom is 0.146 e. The molecule has 0 bridgehead atoms. The summed E-state index contributed by atoms with van der Waals surface area (Å²) >= 11 is 0. The lowest BCUT2D eigenvalue weighted by atomic mass is 10.1. The van der Waals surface area contributed by atoms with E-state index < -0.39 is 0 Å². The summed E-state index contributed by atoms with van der Waals surface area (Å²) in [6.07, 6.45) is 6.44. The molecule has 0 amide bonds. The Morgan fingerprint density at radius 1 is 1.80 bits per heavy atom. The molecule has 1 N–H and O–H groups in total. The van der Waals surface area contributed by atoms with Crippen LogP contribution >= 0.6 is 0 Å². The summed E-state index contributed by atoms with van der Waals surface area (Å²) in [5.74, 6) is 2.65. The van der Waals surface area contributed by atoms with E-state index in [-0.39, 0.29) is 11.8 Å². The average molecular weight is 139 g/mol. The molecule has 2 heteroatoms. The number of rotatable bonds is 4. The fourth-order valence-electron chi connectivity index (χ4n) is 0.779. The summed E-state index contributed by atoms with van der Waals surface area (Å²) in [6, 6.07) is -0.0592. The third-order valence-corrected chi connectivity index (χ3v) is 1.42. The molecule has 0 spiro atoms. The fraction of sp³-hybridized carbons (Fsp3) is 0.625. The van der Waals surface area contributed by atoms with E-state index in [1.54, 1.807) is 14.0 Å². The summed E-state index contributed by atoms with van der Waals surface area (Å²) in [5.41, 5.74) is 0. The number of nitrogens with one attached hydrogen (secondary N) is 1. The van der Waals surface area contributed by atoms with E-state index in [9.17, 15) is 4.79 Å². The van der Waals surface area contributed by atoms with E-state index in [1.807, 2.05) is 0 Å². The van der Waals surface area contributed by atoms with E-state index in [1.165, 1.54) is 0 Å². The van der Waals surface area contributed by atoms with Crippen molar-refractivity contribution in [2.45, 2.75) is 25.8 Å². The van der Waals surface area contributed by atoms with Gasteiger partial charge < -0.3 is 5.32 Å². The average Bonchev–Trinajstić information content (AvgIpc) is 1.89. The van der Waals surface area contributed by atoms with Crippen molar-refractivity contribution in [3.05, 3.63) is 0 Å². The topological polar surface area (TPSA) is 29.1 Å². The van der Waals surface area contributed by atoms with Gasteiger partial charge in [0, 0.05) is 6.42 Å². The Hall–Kier alpha value is -0.810. The molecule has 0 aromatic rings. The maximum atomic E-state index is 10.7. The van der Waals surface area contributed by atoms with Crippen LogP contribution in [0.25, 0.3) is 0 Å². The molecule has 0 saturated carbocycles. The molecule has 0 fully saturated rings. The van der Waals surface area contributed by atoms with Gasteiger partial charge in [-0.3, -0.25) is 4.79 Å². The molecule has 0 heterocycles. The van der Waals surface area contributed by atoms with Crippen LogP contribution in [0.2, 0.25) is 0 Å². The second-order valence-corrected chi connectivity index (χ2v) is 2.19. The van der Waals surface area contributed by atoms with Gasteiger partial charge in [-0.05, 0) is 20.4 Å². The van der Waals surface area contributed by atoms with Gasteiger partial charge in [0.25, 0.3) is 0 Å². The Morgan fingerprint density at radius 2 is 2.40 bits per heavy atom. The van der Waals surface area contributed by atoms with Crippen LogP contribution in [0.4, 0.5) is 0 Å². The van der Waals surface area contributed by atoms with Crippen LogP contribution in [0.3, 0.4) is 0 Å². The van der Waals surface area contributed by atoms with Crippen molar-refractivity contribution >= 4 is 5.78 Å². The molecular formula is C8H13NO. The zero-order chi connectivity index (χ0) is 7.98. The number of terminal acetylenes is 1. The van der Waals surface area contributed by atoms with Gasteiger partial charge in [0.1, 0.15) is 5.78 Å². The van der Waals surface area contributed by atoms with Gasteiger partial charge in [-0.2, -0.15) is 0 Å². The molecule has 2 nitrogen and oxygen atoms in total. The Bertz CT molecular complexity index is 146. The van der Waals surface area contributed by atoms with Crippen LogP contribution in [-0.4, -0.2) is 18.9 Å². The number of hydrogen-bond donors (Lipinski definition) is 1. The summed E-state index contributed by atoms with van der Waals surface area (Å²) in [5, 5.41) is 2.89. The van der Waals surface area contributed by atoms with Crippen LogP contribution in [0, 0.1) is 12.3 Å². The standard InChI is InChI=1S/C8H13NO/c1-4-5-6-8(9-3)7(2)10/h1,8-9H,5-6H2,2-3H3. The van der Waals surface area contributed by atoms with Crippen LogP contribution in [0.5, 0.6) is 0 Å². The summed E-state index contributed by atoms with van der Waals surface area (Å²) in [4.78, 5) is 10.7. The molecule has 56 valence electrons. The van der Waals surface area contributed by atoms with Crippen molar-refractivity contribution in [2.24, 2.45) is 0 Å². The highest BCUT2D eigenvalue weighted by Crippen LogP contribution is 1.95. The minimum atomic E-state index is -0.0592. The van der Waals surface area contributed by atoms with Crippen LogP contribution in [0.1, 0.15) is 19.8 Å². The van der Waals surface area contributed by atoms with Gasteiger partial charge in [0.05, 0.1) is 6.04 Å². The Labute approximate surface area is 62.0 Å². The largest absolute Gasteiger partial charge is 0.311 e. The molecule has 1 atom stereocenters. The number of Topliss-reactive ketones (excluding diaryl/α,β-unsaturated/α-hetero) is 1. The molecule has 0 aliphatic heterocycles. The smallest absolute Gasteiger partial charge is 0.146 e. The van der Waals surface area contributed by atoms with E-state index >= 15 is 0 Å². The van der Waals surface area contributed by atoms with E-state index in [2.05, 4.69) is 11.2 Å². The molecule has 1 unspecified atom stereocenters. The first kappa shape index (κ1) is 9.19. The van der Waals surface area contributed by atoms with Crippen molar-refractivity contribution in [2.75, 3.05) is 7.05 Å². The van der Waals surface area contributed by atoms with Crippen LogP contribution in [-0.2, 0) is 4.79 Å². The first-order chi connectivity index (χ1) is 4.72. The third kappa shape index (κ3) is 3.26. The lowest BCUT2D eigenvalue weighted by molar-refractivity contribution is -0.118. The molecule has 0 aliphatic rings. The number of hydrogen-bond acceptors (Lipinski definition) is 2. The van der Waals surface area contributed by atoms with Gasteiger partial charge in [0.2, 0.25) is 0 Å². The molecule has 0 radical (unpaired) electrons. The zero-order valence-electron chi connectivity index (χ0n) is 6.48. The van der Waals surface area contributed by atoms with Crippen LogP contribution in [0.15, 0.2) is 0 Å². The predicted molar refractivity (Wildman–Crippen MR) is 41.6 cm³/mol. The number of ketones is 1. The molecule has 10 heavy (non-hydrogen) atoms. The summed E-state index contributed by atoms with van der Waals surface area (Å²) in [7, 11) is 1.77. The van der Waals surface area contributed by atoms with Crippen molar-refractivity contribution in [1.82, 2.24) is 5.32 Å². The maximum absolute atomic E-state index is 10.7. The van der Waals surface area contributed by atoms with E-state index in [0.717, 1.165) is 6.42 Å². The van der Waals surface area contributed by atoms with E-state index in [0.29, 0.717) is 6.42 Å². The molecule has 0 rings (SSSR count). The highest BCUT2D eigenvalue weighted by molar-refractivity contribution is 5.81. The lowest BCUT2D eigenvalue weighted by Gasteiger charge is -2.09. The first-order valence-electron chi connectivity index (χ1n) is 3.33. The van der Waals surface area contributed by atoms with Gasteiger partial charge in [-0.15, -0.1) is 12.3 Å². The number of carbonyl (C=O) groups excluding carboxylic acids is 1. The molecule has 0 aromatic heterocycles. The van der Waals surface area contributed by atoms with Crippen molar-refractivity contribution < 1.29 is 4.79 Å². The minimum Gasteiger partial charge on any atom is -0.311 e. The molecule has 0 saturated heterocycles. The highest BCUT2D eigenvalue weighted by Gasteiger charge is 2.08. The SMILES string of the molecule is C#CCCC(NC)C(C)=O. The normalized spacial score (nSPS) is 12.1. The summed E-state index contributed by atoms with van der Waals surface area (Å²) in [6.45, 7) is 1.57. The van der Waals surface area contributed by atoms with Gasteiger partial charge in [-0.1, -0.05) is 0 Å². The second-order valence-electron chi connectivity index (χ2n) is 2.19. The quantitative estimate of drug-likeness (QED) is 0.577. The minimum absolute atomic E-state index is 0.0592. The number of carbonyl (C=O) groups is 1. The lowest BCUT2D eigenvalue weighted by Crippen LogP contribution is -2.31. The Kier molecular flexibility index (Phi) is 4.61. The Morgan fingerprint density at radius 3 is 2.70 bits per heavy atom. The van der Waals surface area contributed by atoms with Crippen LogP contribution < -0.4 is 5.32 Å². The second kappa shape index (κ2) is 5.01. The summed E-state index contributed by atoms with van der Waals surface area (Å²) < 4.78 is 0. The first-order valence-corrected chi connectivity index (χ1v) is 3.33. The predicted octanol–water partition coefficient (Wildman–Crippen LogP) is 0.577. The molecular weight excluding hydrogens is 126 g/mol. The van der Waals surface area contributed by atoms with Crippen molar-refractivity contribution in [3.8, 4) is 12.3 Å². The fourth-order valence-corrected chi connectivity index (χ4v) is 0.779. The highest BCUT2D eigenvalue weighted by atomic mass is 16.1. The monoisotopic (exact) mass is 139 g/mol. The Balaban J connectivity index is 3.63. The van der Waals surface area contributed by atoms with Gasteiger partial charge in [-0.25, -0.2) is 0 Å². The molecule has 0 aromatic carbocycles. The number of likely N-dealkylation sites (N-methyl/N-ethyl adjacent to an activating group) is 1. The zero-order valence-corrected chi connectivity index (χ0v) is 6.48. The van der Waals surface area contributed by atoms with E-state index in [4.69, 9.17) is 6.42 Å². The molecule has 0 aliphatic carbocycles. The van der Waals surface area contributed by atoms with Gasteiger partial charge >= 0.3 is 0 Å². The van der Waals surface area contributed by atoms with Gasteiger partial charge in [0.15, 0.2) is 0 Å². The third-order valence-electron chi connectivity index (χ3n) is 1.42. The van der Waals surface area contributed by atoms with Crippen molar-refractivity contribution in [1.29, 1.82) is 0 Å². The van der Waals surface area contributed by atoms with Crippen molar-refractivity contribution in [3.63, 3.8) is 0 Å².